The van der Waals surface area contributed by atoms with Gasteiger partial charge in [-0.2, -0.15) is 0 Å². The lowest BCUT2D eigenvalue weighted by atomic mass is 10.0. The third kappa shape index (κ3) is 4.36. The molecule has 152 valence electrons. The van der Waals surface area contributed by atoms with Crippen LogP contribution in [0.1, 0.15) is 24.0 Å². The minimum atomic E-state index is 0.0884. The van der Waals surface area contributed by atoms with Crippen molar-refractivity contribution in [3.05, 3.63) is 53.6 Å². The highest BCUT2D eigenvalue weighted by molar-refractivity contribution is 5.94. The number of fused-ring (bicyclic) bond motifs is 1. The Kier molecular flexibility index (Phi) is 5.69. The van der Waals surface area contributed by atoms with Crippen molar-refractivity contribution in [1.29, 1.82) is 0 Å². The molecule has 29 heavy (non-hydrogen) atoms. The number of benzene rings is 2. The largest absolute Gasteiger partial charge is 0.496 e. The summed E-state index contributed by atoms with van der Waals surface area (Å²) >= 11 is 0. The van der Waals surface area contributed by atoms with E-state index in [1.807, 2.05) is 35.2 Å². The van der Waals surface area contributed by atoms with Gasteiger partial charge in [-0.15, -0.1) is 0 Å². The molecule has 2 aromatic carbocycles. The maximum Gasteiger partial charge on any atom is 0.224 e. The number of hydrogen-bond acceptors (Lipinski definition) is 4. The van der Waals surface area contributed by atoms with E-state index in [0.717, 1.165) is 49.6 Å². The van der Waals surface area contributed by atoms with E-state index in [-0.39, 0.29) is 11.8 Å². The van der Waals surface area contributed by atoms with E-state index in [1.54, 1.807) is 7.11 Å². The predicted octanol–water partition coefficient (Wildman–Crippen LogP) is 2.86. The summed E-state index contributed by atoms with van der Waals surface area (Å²) in [4.78, 5) is 28.5. The molecule has 6 heteroatoms. The normalized spacial score (nSPS) is 16.2. The second-order valence-corrected chi connectivity index (χ2v) is 7.57. The number of methoxy groups -OCH3 is 1. The minimum Gasteiger partial charge on any atom is -0.496 e. The van der Waals surface area contributed by atoms with Gasteiger partial charge in [0.15, 0.2) is 0 Å². The highest BCUT2D eigenvalue weighted by atomic mass is 16.5. The molecule has 0 saturated carbocycles. The van der Waals surface area contributed by atoms with Crippen LogP contribution in [-0.4, -0.2) is 50.0 Å². The second-order valence-electron chi connectivity index (χ2n) is 7.57. The monoisotopic (exact) mass is 393 g/mol. The number of nitrogens with one attached hydrogen (secondary N) is 1. The van der Waals surface area contributed by atoms with Crippen molar-refractivity contribution >= 4 is 23.2 Å². The first-order valence-corrected chi connectivity index (χ1v) is 10.2. The van der Waals surface area contributed by atoms with Gasteiger partial charge in [0.1, 0.15) is 5.75 Å². The molecule has 1 N–H and O–H groups in total. The molecule has 0 aromatic heterocycles. The van der Waals surface area contributed by atoms with Gasteiger partial charge in [0.05, 0.1) is 7.11 Å². The van der Waals surface area contributed by atoms with Gasteiger partial charge in [0, 0.05) is 50.4 Å². The first-order chi connectivity index (χ1) is 14.1. The Bertz CT molecular complexity index is 904. The van der Waals surface area contributed by atoms with Crippen molar-refractivity contribution < 1.29 is 14.3 Å². The van der Waals surface area contributed by atoms with Crippen molar-refractivity contribution in [1.82, 2.24) is 4.90 Å². The zero-order valence-electron chi connectivity index (χ0n) is 16.8. The Labute approximate surface area is 171 Å². The number of ether oxygens (including phenoxy) is 1. The molecule has 2 amide bonds. The van der Waals surface area contributed by atoms with Crippen LogP contribution in [0.2, 0.25) is 0 Å². The SMILES string of the molecule is COc1ccccc1CCC(=O)N1CCN(c2ccc3c(c2)CCC(=O)N3)CC1. The summed E-state index contributed by atoms with van der Waals surface area (Å²) in [6.07, 6.45) is 2.53. The van der Waals surface area contributed by atoms with Crippen molar-refractivity contribution in [2.24, 2.45) is 0 Å². The maximum absolute atomic E-state index is 12.7. The van der Waals surface area contributed by atoms with Gasteiger partial charge in [-0.25, -0.2) is 0 Å². The molecule has 2 aliphatic rings. The van der Waals surface area contributed by atoms with E-state index in [1.165, 1.54) is 11.3 Å². The lowest BCUT2D eigenvalue weighted by Gasteiger charge is -2.36. The highest BCUT2D eigenvalue weighted by Crippen LogP contribution is 2.28. The number of para-hydroxylation sites is 1. The molecule has 1 saturated heterocycles. The number of aryl methyl sites for hydroxylation is 2. The number of amides is 2. The topological polar surface area (TPSA) is 61.9 Å². The van der Waals surface area contributed by atoms with Crippen LogP contribution in [-0.2, 0) is 22.4 Å². The molecule has 0 atom stereocenters. The summed E-state index contributed by atoms with van der Waals surface area (Å²) in [5, 5.41) is 2.93. The summed E-state index contributed by atoms with van der Waals surface area (Å²) in [5.74, 6) is 1.13. The first-order valence-electron chi connectivity index (χ1n) is 10.2. The van der Waals surface area contributed by atoms with E-state index < -0.39 is 0 Å². The van der Waals surface area contributed by atoms with Crippen LogP contribution >= 0.6 is 0 Å². The summed E-state index contributed by atoms with van der Waals surface area (Å²) in [6.45, 7) is 3.12. The Morgan fingerprint density at radius 1 is 1.07 bits per heavy atom. The van der Waals surface area contributed by atoms with Crippen molar-refractivity contribution in [2.75, 3.05) is 43.5 Å². The fraction of sp³-hybridized carbons (Fsp3) is 0.391. The van der Waals surface area contributed by atoms with Crippen LogP contribution in [0.5, 0.6) is 5.75 Å². The fourth-order valence-electron chi connectivity index (χ4n) is 4.09. The molecule has 0 radical (unpaired) electrons. The van der Waals surface area contributed by atoms with E-state index in [4.69, 9.17) is 4.74 Å². The van der Waals surface area contributed by atoms with Gasteiger partial charge in [0.25, 0.3) is 0 Å². The predicted molar refractivity (Wildman–Crippen MR) is 114 cm³/mol. The molecule has 1 fully saturated rings. The van der Waals surface area contributed by atoms with Crippen LogP contribution in [0.4, 0.5) is 11.4 Å². The molecular formula is C23H27N3O3. The molecule has 0 aliphatic carbocycles. The van der Waals surface area contributed by atoms with Crippen LogP contribution < -0.4 is 15.0 Å². The second kappa shape index (κ2) is 8.55. The number of carbonyl (C=O) groups excluding carboxylic acids is 2. The number of rotatable bonds is 5. The van der Waals surface area contributed by atoms with Crippen LogP contribution in [0, 0.1) is 0 Å². The number of nitrogens with zero attached hydrogens (tertiary/aromatic N) is 2. The summed E-state index contributed by atoms with van der Waals surface area (Å²) in [7, 11) is 1.66. The van der Waals surface area contributed by atoms with E-state index >= 15 is 0 Å². The number of piperazine rings is 1. The fourth-order valence-corrected chi connectivity index (χ4v) is 4.09. The van der Waals surface area contributed by atoms with Crippen molar-refractivity contribution in [3.63, 3.8) is 0 Å². The molecule has 2 aliphatic heterocycles. The Hall–Kier alpha value is -3.02. The van der Waals surface area contributed by atoms with Crippen LogP contribution in [0.15, 0.2) is 42.5 Å². The van der Waals surface area contributed by atoms with Gasteiger partial charge in [-0.3, -0.25) is 9.59 Å². The molecule has 6 nitrogen and oxygen atoms in total. The minimum absolute atomic E-state index is 0.0884. The van der Waals surface area contributed by atoms with Crippen molar-refractivity contribution in [2.45, 2.75) is 25.7 Å². The van der Waals surface area contributed by atoms with Gasteiger partial charge in [0.2, 0.25) is 11.8 Å². The van der Waals surface area contributed by atoms with E-state index in [2.05, 4.69) is 22.3 Å². The van der Waals surface area contributed by atoms with Gasteiger partial charge in [-0.1, -0.05) is 18.2 Å². The zero-order valence-corrected chi connectivity index (χ0v) is 16.8. The summed E-state index contributed by atoms with van der Waals surface area (Å²) in [6, 6.07) is 14.1. The highest BCUT2D eigenvalue weighted by Gasteiger charge is 2.23. The van der Waals surface area contributed by atoms with Crippen molar-refractivity contribution in [3.8, 4) is 5.75 Å². The quantitative estimate of drug-likeness (QED) is 0.849. The number of hydrogen-bond donors (Lipinski definition) is 1. The standard InChI is InChI=1S/C23H27N3O3/c1-29-21-5-3-2-4-17(21)7-11-23(28)26-14-12-25(13-15-26)19-8-9-20-18(16-19)6-10-22(27)24-20/h2-5,8-9,16H,6-7,10-15H2,1H3,(H,24,27). The molecule has 2 aromatic rings. The molecule has 0 unspecified atom stereocenters. The van der Waals surface area contributed by atoms with Gasteiger partial charge < -0.3 is 19.9 Å². The summed E-state index contributed by atoms with van der Waals surface area (Å²) in [5.41, 5.74) is 4.36. The molecule has 0 bridgehead atoms. The molecule has 4 rings (SSSR count). The average Bonchev–Trinajstić information content (AvgIpc) is 2.77. The number of carbonyl (C=O) groups is 2. The molecular weight excluding hydrogens is 366 g/mol. The Morgan fingerprint density at radius 2 is 1.86 bits per heavy atom. The number of anilines is 2. The van der Waals surface area contributed by atoms with E-state index in [0.29, 0.717) is 19.3 Å². The average molecular weight is 393 g/mol. The zero-order chi connectivity index (χ0) is 20.2. The summed E-state index contributed by atoms with van der Waals surface area (Å²) < 4.78 is 5.38. The Balaban J connectivity index is 1.31. The smallest absolute Gasteiger partial charge is 0.224 e. The maximum atomic E-state index is 12.7. The lowest BCUT2D eigenvalue weighted by molar-refractivity contribution is -0.131. The van der Waals surface area contributed by atoms with Crippen LogP contribution in [0.25, 0.3) is 0 Å². The van der Waals surface area contributed by atoms with Gasteiger partial charge >= 0.3 is 0 Å². The third-order valence-corrected chi connectivity index (χ3v) is 5.78. The lowest BCUT2D eigenvalue weighted by Crippen LogP contribution is -2.48. The third-order valence-electron chi connectivity index (χ3n) is 5.78. The first kappa shape index (κ1) is 19.3. The van der Waals surface area contributed by atoms with Crippen LogP contribution in [0.3, 0.4) is 0 Å². The molecule has 2 heterocycles. The molecule has 0 spiro atoms. The Morgan fingerprint density at radius 3 is 2.66 bits per heavy atom. The van der Waals surface area contributed by atoms with E-state index in [9.17, 15) is 9.59 Å². The van der Waals surface area contributed by atoms with Gasteiger partial charge in [-0.05, 0) is 48.2 Å².